The highest BCUT2D eigenvalue weighted by Crippen LogP contribution is 2.33. The van der Waals surface area contributed by atoms with Crippen LogP contribution in [0.15, 0.2) is 18.2 Å². The van der Waals surface area contributed by atoms with E-state index in [0.29, 0.717) is 0 Å². The lowest BCUT2D eigenvalue weighted by Crippen LogP contribution is -2.15. The number of rotatable bonds is 2. The third kappa shape index (κ3) is 3.35. The lowest BCUT2D eigenvalue weighted by molar-refractivity contribution is -0.138. The fraction of sp³-hybridized carbons (Fsp3) is 0.300. The molecular formula is C10H11F3N2O2. The standard InChI is InChI=1S/C10H11F3N2O2/c1-17-9(16)15-7-3-2-6(5-14)8(4-7)10(11,12)13/h2-4H,5,14H2,1H3,(H,15,16). The lowest BCUT2D eigenvalue weighted by atomic mass is 10.1. The highest BCUT2D eigenvalue weighted by atomic mass is 19.4. The average molecular weight is 248 g/mol. The van der Waals surface area contributed by atoms with E-state index in [9.17, 15) is 18.0 Å². The Morgan fingerprint density at radius 3 is 2.59 bits per heavy atom. The van der Waals surface area contributed by atoms with Crippen molar-refractivity contribution in [2.75, 3.05) is 12.4 Å². The van der Waals surface area contributed by atoms with E-state index in [2.05, 4.69) is 10.1 Å². The molecular weight excluding hydrogens is 237 g/mol. The summed E-state index contributed by atoms with van der Waals surface area (Å²) in [5.41, 5.74) is 4.31. The number of hydrogen-bond acceptors (Lipinski definition) is 3. The maximum absolute atomic E-state index is 12.6. The molecule has 0 aliphatic heterocycles. The summed E-state index contributed by atoms with van der Waals surface area (Å²) in [6.07, 6.45) is -5.35. The molecule has 94 valence electrons. The van der Waals surface area contributed by atoms with Crippen LogP contribution in [-0.4, -0.2) is 13.2 Å². The first-order valence-electron chi connectivity index (χ1n) is 4.63. The summed E-state index contributed by atoms with van der Waals surface area (Å²) < 4.78 is 42.2. The summed E-state index contributed by atoms with van der Waals surface area (Å²) in [6, 6.07) is 3.36. The Kier molecular flexibility index (Phi) is 3.95. The minimum atomic E-state index is -4.51. The number of methoxy groups -OCH3 is 1. The van der Waals surface area contributed by atoms with Gasteiger partial charge in [-0.25, -0.2) is 4.79 Å². The summed E-state index contributed by atoms with van der Waals surface area (Å²) in [5, 5.41) is 2.15. The van der Waals surface area contributed by atoms with Crippen LogP contribution in [0.25, 0.3) is 0 Å². The molecule has 4 nitrogen and oxygen atoms in total. The molecule has 0 aliphatic carbocycles. The Hall–Kier alpha value is -1.76. The molecule has 0 radical (unpaired) electrons. The van der Waals surface area contributed by atoms with Gasteiger partial charge in [0.15, 0.2) is 0 Å². The molecule has 0 spiro atoms. The monoisotopic (exact) mass is 248 g/mol. The van der Waals surface area contributed by atoms with Gasteiger partial charge in [-0.1, -0.05) is 6.07 Å². The van der Waals surface area contributed by atoms with Crippen molar-refractivity contribution in [3.8, 4) is 0 Å². The van der Waals surface area contributed by atoms with E-state index in [1.54, 1.807) is 0 Å². The van der Waals surface area contributed by atoms with Crippen molar-refractivity contribution >= 4 is 11.8 Å². The number of hydrogen-bond donors (Lipinski definition) is 2. The summed E-state index contributed by atoms with van der Waals surface area (Å²) in [7, 11) is 1.12. The molecule has 0 heterocycles. The van der Waals surface area contributed by atoms with Crippen LogP contribution in [0.4, 0.5) is 23.7 Å². The number of alkyl halides is 3. The zero-order valence-electron chi connectivity index (χ0n) is 8.97. The van der Waals surface area contributed by atoms with Crippen LogP contribution in [0.2, 0.25) is 0 Å². The van der Waals surface area contributed by atoms with Crippen LogP contribution in [0, 0.1) is 0 Å². The molecule has 0 unspecified atom stereocenters. The number of carbonyl (C=O) groups excluding carboxylic acids is 1. The lowest BCUT2D eigenvalue weighted by Gasteiger charge is -2.13. The van der Waals surface area contributed by atoms with E-state index in [4.69, 9.17) is 5.73 Å². The van der Waals surface area contributed by atoms with Crippen molar-refractivity contribution < 1.29 is 22.7 Å². The van der Waals surface area contributed by atoms with Gasteiger partial charge in [0.05, 0.1) is 12.7 Å². The van der Waals surface area contributed by atoms with E-state index in [0.717, 1.165) is 13.2 Å². The molecule has 1 aromatic rings. The van der Waals surface area contributed by atoms with Gasteiger partial charge in [0.2, 0.25) is 0 Å². The number of nitrogens with one attached hydrogen (secondary N) is 1. The number of ether oxygens (including phenoxy) is 1. The van der Waals surface area contributed by atoms with Gasteiger partial charge in [-0.05, 0) is 17.7 Å². The zero-order valence-corrected chi connectivity index (χ0v) is 8.97. The maximum Gasteiger partial charge on any atom is 0.416 e. The molecule has 1 aromatic carbocycles. The second kappa shape index (κ2) is 5.05. The first kappa shape index (κ1) is 13.3. The topological polar surface area (TPSA) is 64.3 Å². The van der Waals surface area contributed by atoms with E-state index < -0.39 is 17.8 Å². The summed E-state index contributed by atoms with van der Waals surface area (Å²) in [5.74, 6) is 0. The molecule has 3 N–H and O–H groups in total. The molecule has 0 fully saturated rings. The Balaban J connectivity index is 3.09. The van der Waals surface area contributed by atoms with Crippen LogP contribution >= 0.6 is 0 Å². The van der Waals surface area contributed by atoms with E-state index in [-0.39, 0.29) is 17.8 Å². The molecule has 1 amide bonds. The highest BCUT2D eigenvalue weighted by Gasteiger charge is 2.33. The number of benzene rings is 1. The average Bonchev–Trinajstić information content (AvgIpc) is 2.27. The number of amides is 1. The maximum atomic E-state index is 12.6. The quantitative estimate of drug-likeness (QED) is 0.844. The molecule has 0 atom stereocenters. The number of carbonyl (C=O) groups is 1. The summed E-state index contributed by atoms with van der Waals surface area (Å²) >= 11 is 0. The van der Waals surface area contributed by atoms with Gasteiger partial charge in [0, 0.05) is 12.2 Å². The van der Waals surface area contributed by atoms with Gasteiger partial charge >= 0.3 is 12.3 Å². The second-order valence-electron chi connectivity index (χ2n) is 3.19. The van der Waals surface area contributed by atoms with E-state index in [1.807, 2.05) is 0 Å². The minimum Gasteiger partial charge on any atom is -0.453 e. The normalized spacial score (nSPS) is 11.1. The Bertz CT molecular complexity index is 419. The van der Waals surface area contributed by atoms with Gasteiger partial charge in [-0.15, -0.1) is 0 Å². The van der Waals surface area contributed by atoms with E-state index >= 15 is 0 Å². The molecule has 0 aromatic heterocycles. The van der Waals surface area contributed by atoms with Crippen molar-refractivity contribution in [3.05, 3.63) is 29.3 Å². The fourth-order valence-corrected chi connectivity index (χ4v) is 1.26. The zero-order chi connectivity index (χ0) is 13.1. The third-order valence-electron chi connectivity index (χ3n) is 2.07. The van der Waals surface area contributed by atoms with E-state index in [1.165, 1.54) is 12.1 Å². The SMILES string of the molecule is COC(=O)Nc1ccc(CN)c(C(F)(F)F)c1. The first-order valence-corrected chi connectivity index (χ1v) is 4.63. The molecule has 0 bridgehead atoms. The predicted molar refractivity (Wildman–Crippen MR) is 55.4 cm³/mol. The molecule has 17 heavy (non-hydrogen) atoms. The smallest absolute Gasteiger partial charge is 0.416 e. The van der Waals surface area contributed by atoms with Gasteiger partial charge in [-0.2, -0.15) is 13.2 Å². The summed E-state index contributed by atoms with van der Waals surface area (Å²) in [6.45, 7) is -0.229. The van der Waals surface area contributed by atoms with Crippen molar-refractivity contribution in [3.63, 3.8) is 0 Å². The Morgan fingerprint density at radius 2 is 2.12 bits per heavy atom. The van der Waals surface area contributed by atoms with Gasteiger partial charge < -0.3 is 10.5 Å². The predicted octanol–water partition coefficient (Wildman–Crippen LogP) is 2.34. The molecule has 1 rings (SSSR count). The fourth-order valence-electron chi connectivity index (χ4n) is 1.26. The first-order chi connectivity index (χ1) is 7.88. The number of anilines is 1. The van der Waals surface area contributed by atoms with Crippen molar-refractivity contribution in [1.29, 1.82) is 0 Å². The largest absolute Gasteiger partial charge is 0.453 e. The van der Waals surface area contributed by atoms with Crippen LogP contribution in [0.3, 0.4) is 0 Å². The second-order valence-corrected chi connectivity index (χ2v) is 3.19. The van der Waals surface area contributed by atoms with Gasteiger partial charge in [0.25, 0.3) is 0 Å². The Morgan fingerprint density at radius 1 is 1.47 bits per heavy atom. The highest BCUT2D eigenvalue weighted by molar-refractivity contribution is 5.84. The van der Waals surface area contributed by atoms with Crippen molar-refractivity contribution in [1.82, 2.24) is 0 Å². The van der Waals surface area contributed by atoms with Crippen molar-refractivity contribution in [2.24, 2.45) is 5.73 Å². The van der Waals surface area contributed by atoms with Gasteiger partial charge in [0.1, 0.15) is 0 Å². The Labute approximate surface area is 95.6 Å². The van der Waals surface area contributed by atoms with Crippen LogP contribution in [-0.2, 0) is 17.5 Å². The van der Waals surface area contributed by atoms with Crippen molar-refractivity contribution in [2.45, 2.75) is 12.7 Å². The summed E-state index contributed by atoms with van der Waals surface area (Å²) in [4.78, 5) is 10.9. The third-order valence-corrected chi connectivity index (χ3v) is 2.07. The molecule has 0 saturated carbocycles. The van der Waals surface area contributed by atoms with Gasteiger partial charge in [-0.3, -0.25) is 5.32 Å². The van der Waals surface area contributed by atoms with Crippen LogP contribution < -0.4 is 11.1 Å². The van der Waals surface area contributed by atoms with Crippen LogP contribution in [0.1, 0.15) is 11.1 Å². The molecule has 0 aliphatic rings. The van der Waals surface area contributed by atoms with Crippen LogP contribution in [0.5, 0.6) is 0 Å². The minimum absolute atomic E-state index is 0.00127. The molecule has 7 heteroatoms. The molecule has 0 saturated heterocycles. The number of halogens is 3. The number of nitrogens with two attached hydrogens (primary N) is 1.